The van der Waals surface area contributed by atoms with E-state index in [0.717, 1.165) is 21.3 Å². The molecule has 1 fully saturated rings. The highest BCUT2D eigenvalue weighted by Crippen LogP contribution is 2.25. The van der Waals surface area contributed by atoms with Crippen LogP contribution in [0.15, 0.2) is 27.6 Å². The zero-order chi connectivity index (χ0) is 19.3. The Morgan fingerprint density at radius 2 is 1.81 bits per heavy atom. The molecule has 1 aliphatic rings. The first-order chi connectivity index (χ1) is 12.8. The van der Waals surface area contributed by atoms with Crippen LogP contribution in [0.1, 0.15) is 25.0 Å². The van der Waals surface area contributed by atoms with Crippen LogP contribution in [0.3, 0.4) is 0 Å². The van der Waals surface area contributed by atoms with Crippen LogP contribution in [0.25, 0.3) is 16.7 Å². The lowest BCUT2D eigenvalue weighted by molar-refractivity contribution is -0.00571. The summed E-state index contributed by atoms with van der Waals surface area (Å²) >= 11 is 3.52. The van der Waals surface area contributed by atoms with Gasteiger partial charge in [-0.1, -0.05) is 15.9 Å². The van der Waals surface area contributed by atoms with E-state index in [1.165, 1.54) is 0 Å². The van der Waals surface area contributed by atoms with Crippen molar-refractivity contribution in [1.82, 2.24) is 19.7 Å². The van der Waals surface area contributed by atoms with Crippen molar-refractivity contribution in [2.24, 2.45) is 0 Å². The molecule has 1 saturated heterocycles. The van der Waals surface area contributed by atoms with Gasteiger partial charge in [-0.15, -0.1) is 5.10 Å². The molecule has 0 aliphatic carbocycles. The molecule has 27 heavy (non-hydrogen) atoms. The Labute approximate surface area is 165 Å². The largest absolute Gasteiger partial charge is 0.372 e. The first-order valence-corrected chi connectivity index (χ1v) is 9.78. The Morgan fingerprint density at radius 1 is 1.19 bits per heavy atom. The molecule has 0 unspecified atom stereocenters. The summed E-state index contributed by atoms with van der Waals surface area (Å²) in [6.07, 6.45) is 1.92. The number of halogens is 1. The third-order valence-electron chi connectivity index (χ3n) is 4.78. The van der Waals surface area contributed by atoms with E-state index in [1.54, 1.807) is 10.9 Å². The zero-order valence-electron chi connectivity index (χ0n) is 15.8. The standard InChI is InChI=1S/C19H22BrN5O2/c1-10-5-14(20)6-11(2)16(10)25-9-15-17(23-25)21-19(22-18(15)26)24-7-12(3)27-13(4)8-24/h5-6,9,12-13H,7-8H2,1-4H3,(H,21,22,23,26)/t12-,13+. The molecule has 2 atom stereocenters. The van der Waals surface area contributed by atoms with Crippen molar-refractivity contribution in [2.45, 2.75) is 39.9 Å². The maximum Gasteiger partial charge on any atom is 0.263 e. The lowest BCUT2D eigenvalue weighted by Crippen LogP contribution is -2.46. The topological polar surface area (TPSA) is 76.0 Å². The number of nitrogens with zero attached hydrogens (tertiary/aromatic N) is 4. The van der Waals surface area contributed by atoms with Crippen molar-refractivity contribution in [2.75, 3.05) is 18.0 Å². The number of rotatable bonds is 2. The Bertz CT molecular complexity index is 1040. The summed E-state index contributed by atoms with van der Waals surface area (Å²) in [6.45, 7) is 9.47. The normalized spacial score (nSPS) is 20.4. The van der Waals surface area contributed by atoms with E-state index in [9.17, 15) is 4.79 Å². The van der Waals surface area contributed by atoms with Crippen LogP contribution in [0.4, 0.5) is 5.95 Å². The van der Waals surface area contributed by atoms with Gasteiger partial charge in [-0.05, 0) is 51.0 Å². The smallest absolute Gasteiger partial charge is 0.263 e. The Morgan fingerprint density at radius 3 is 2.44 bits per heavy atom. The van der Waals surface area contributed by atoms with Gasteiger partial charge in [-0.2, -0.15) is 4.98 Å². The van der Waals surface area contributed by atoms with Crippen LogP contribution in [0.2, 0.25) is 0 Å². The van der Waals surface area contributed by atoms with Gasteiger partial charge in [0.1, 0.15) is 5.39 Å². The number of morpholine rings is 1. The minimum atomic E-state index is -0.180. The highest BCUT2D eigenvalue weighted by atomic mass is 79.9. The highest BCUT2D eigenvalue weighted by molar-refractivity contribution is 9.10. The molecule has 1 aromatic carbocycles. The molecular weight excluding hydrogens is 410 g/mol. The van der Waals surface area contributed by atoms with Crippen LogP contribution in [-0.4, -0.2) is 45.0 Å². The second-order valence-corrected chi connectivity index (χ2v) is 8.17. The second-order valence-electron chi connectivity index (χ2n) is 7.25. The predicted molar refractivity (Wildman–Crippen MR) is 109 cm³/mol. The van der Waals surface area contributed by atoms with Crippen molar-refractivity contribution < 1.29 is 4.74 Å². The van der Waals surface area contributed by atoms with Gasteiger partial charge in [0.15, 0.2) is 5.65 Å². The lowest BCUT2D eigenvalue weighted by atomic mass is 10.1. The fourth-order valence-electron chi connectivity index (χ4n) is 3.78. The molecule has 0 saturated carbocycles. The quantitative estimate of drug-likeness (QED) is 0.674. The van der Waals surface area contributed by atoms with Crippen LogP contribution in [0.5, 0.6) is 0 Å². The Kier molecular flexibility index (Phi) is 4.55. The van der Waals surface area contributed by atoms with Crippen LogP contribution >= 0.6 is 15.9 Å². The fourth-order valence-corrected chi connectivity index (χ4v) is 4.47. The van der Waals surface area contributed by atoms with Crippen molar-refractivity contribution in [3.63, 3.8) is 0 Å². The van der Waals surface area contributed by atoms with Gasteiger partial charge in [0.2, 0.25) is 5.95 Å². The van der Waals surface area contributed by atoms with E-state index in [4.69, 9.17) is 4.74 Å². The number of anilines is 1. The van der Waals surface area contributed by atoms with Gasteiger partial charge in [0.25, 0.3) is 5.56 Å². The maximum absolute atomic E-state index is 12.7. The summed E-state index contributed by atoms with van der Waals surface area (Å²) < 4.78 is 8.54. The lowest BCUT2D eigenvalue weighted by Gasteiger charge is -2.35. The average Bonchev–Trinajstić information content (AvgIpc) is 2.97. The third-order valence-corrected chi connectivity index (χ3v) is 5.24. The van der Waals surface area contributed by atoms with E-state index in [2.05, 4.69) is 35.9 Å². The number of fused-ring (bicyclic) bond motifs is 1. The molecule has 8 heteroatoms. The fraction of sp³-hybridized carbons (Fsp3) is 0.421. The molecule has 1 aliphatic heterocycles. The summed E-state index contributed by atoms with van der Waals surface area (Å²) in [6, 6.07) is 4.07. The first kappa shape index (κ1) is 18.2. The molecule has 3 aromatic rings. The van der Waals surface area contributed by atoms with E-state index in [1.807, 2.05) is 39.8 Å². The number of hydrogen-bond donors (Lipinski definition) is 1. The number of ether oxygens (including phenoxy) is 1. The van der Waals surface area contributed by atoms with Crippen molar-refractivity contribution in [1.29, 1.82) is 0 Å². The van der Waals surface area contributed by atoms with E-state index < -0.39 is 0 Å². The number of benzene rings is 1. The minimum absolute atomic E-state index is 0.0837. The number of aromatic nitrogens is 4. The van der Waals surface area contributed by atoms with Crippen LogP contribution in [-0.2, 0) is 4.74 Å². The van der Waals surface area contributed by atoms with Gasteiger partial charge in [-0.25, -0.2) is 4.68 Å². The molecule has 7 nitrogen and oxygen atoms in total. The summed E-state index contributed by atoms with van der Waals surface area (Å²) in [7, 11) is 0. The van der Waals surface area contributed by atoms with E-state index in [0.29, 0.717) is 30.1 Å². The van der Waals surface area contributed by atoms with E-state index >= 15 is 0 Å². The number of aryl methyl sites for hydroxylation is 2. The summed E-state index contributed by atoms with van der Waals surface area (Å²) in [5, 5.41) is 5.08. The van der Waals surface area contributed by atoms with Crippen LogP contribution in [0, 0.1) is 13.8 Å². The summed E-state index contributed by atoms with van der Waals surface area (Å²) in [5.74, 6) is 0.545. The summed E-state index contributed by atoms with van der Waals surface area (Å²) in [4.78, 5) is 22.2. The molecule has 0 radical (unpaired) electrons. The Balaban J connectivity index is 1.80. The van der Waals surface area contributed by atoms with Gasteiger partial charge in [0.05, 0.1) is 17.9 Å². The molecule has 3 heterocycles. The number of nitrogens with one attached hydrogen (secondary N) is 1. The van der Waals surface area contributed by atoms with Gasteiger partial charge >= 0.3 is 0 Å². The third kappa shape index (κ3) is 3.39. The van der Waals surface area contributed by atoms with Crippen molar-refractivity contribution in [3.8, 4) is 5.69 Å². The highest BCUT2D eigenvalue weighted by Gasteiger charge is 2.24. The molecule has 4 rings (SSSR count). The predicted octanol–water partition coefficient (Wildman–Crippen LogP) is 3.10. The van der Waals surface area contributed by atoms with Gasteiger partial charge < -0.3 is 9.64 Å². The first-order valence-electron chi connectivity index (χ1n) is 8.99. The molecule has 2 aromatic heterocycles. The van der Waals surface area contributed by atoms with Crippen molar-refractivity contribution >= 4 is 32.9 Å². The monoisotopic (exact) mass is 431 g/mol. The average molecular weight is 432 g/mol. The number of aromatic amines is 1. The van der Waals surface area contributed by atoms with Crippen LogP contribution < -0.4 is 10.5 Å². The molecule has 0 amide bonds. The molecular formula is C19H22BrN5O2. The Hall–Kier alpha value is -2.19. The number of H-pyrrole nitrogens is 1. The minimum Gasteiger partial charge on any atom is -0.372 e. The van der Waals surface area contributed by atoms with Gasteiger partial charge in [-0.3, -0.25) is 9.78 Å². The summed E-state index contributed by atoms with van der Waals surface area (Å²) in [5.41, 5.74) is 3.37. The molecule has 142 valence electrons. The van der Waals surface area contributed by atoms with Gasteiger partial charge in [0, 0.05) is 23.8 Å². The van der Waals surface area contributed by atoms with E-state index in [-0.39, 0.29) is 17.8 Å². The molecule has 0 bridgehead atoms. The second kappa shape index (κ2) is 6.76. The molecule has 0 spiro atoms. The number of hydrogen-bond acceptors (Lipinski definition) is 5. The zero-order valence-corrected chi connectivity index (χ0v) is 17.4. The maximum atomic E-state index is 12.7. The SMILES string of the molecule is Cc1cc(Br)cc(C)c1-n1cc2c(=O)[nH]c(N3C[C@@H](C)O[C@@H](C)C3)nc2n1. The van der Waals surface area contributed by atoms with Crippen molar-refractivity contribution in [3.05, 3.63) is 44.3 Å². The molecule has 1 N–H and O–H groups in total.